The maximum Gasteiger partial charge on any atom is 0.119 e. The van der Waals surface area contributed by atoms with Crippen LogP contribution >= 0.6 is 34.8 Å². The van der Waals surface area contributed by atoms with Crippen molar-refractivity contribution in [3.05, 3.63) is 98.5 Å². The van der Waals surface area contributed by atoms with Gasteiger partial charge < -0.3 is 10.1 Å². The molecule has 0 unspecified atom stereocenters. The Morgan fingerprint density at radius 2 is 1.56 bits per heavy atom. The third-order valence-electron chi connectivity index (χ3n) is 4.13. The Morgan fingerprint density at radius 3 is 2.30 bits per heavy atom. The van der Waals surface area contributed by atoms with Gasteiger partial charge in [0, 0.05) is 21.6 Å². The van der Waals surface area contributed by atoms with E-state index in [1.54, 1.807) is 6.07 Å². The molecule has 0 amide bonds. The van der Waals surface area contributed by atoms with Gasteiger partial charge in [0.1, 0.15) is 12.4 Å². The molecule has 140 valence electrons. The van der Waals surface area contributed by atoms with Gasteiger partial charge in [0.25, 0.3) is 0 Å². The van der Waals surface area contributed by atoms with Crippen molar-refractivity contribution in [3.63, 3.8) is 0 Å². The minimum Gasteiger partial charge on any atom is -0.489 e. The number of rotatable bonds is 8. The molecule has 3 aromatic carbocycles. The predicted octanol–water partition coefficient (Wildman–Crippen LogP) is 6.56. The van der Waals surface area contributed by atoms with E-state index in [0.29, 0.717) is 16.7 Å². The van der Waals surface area contributed by atoms with Gasteiger partial charge in [0.2, 0.25) is 0 Å². The van der Waals surface area contributed by atoms with Crippen molar-refractivity contribution >= 4 is 34.8 Å². The molecule has 0 aromatic heterocycles. The van der Waals surface area contributed by atoms with E-state index in [2.05, 4.69) is 17.4 Å². The van der Waals surface area contributed by atoms with Crippen LogP contribution in [0.3, 0.4) is 0 Å². The molecule has 0 heterocycles. The van der Waals surface area contributed by atoms with Gasteiger partial charge in [-0.1, -0.05) is 65.1 Å². The Balaban J connectivity index is 1.42. The fraction of sp³-hybridized carbons (Fsp3) is 0.182. The van der Waals surface area contributed by atoms with E-state index >= 15 is 0 Å². The smallest absolute Gasteiger partial charge is 0.119 e. The first-order valence-electron chi connectivity index (χ1n) is 8.71. The molecule has 0 bridgehead atoms. The van der Waals surface area contributed by atoms with Gasteiger partial charge in [0.15, 0.2) is 0 Å². The lowest BCUT2D eigenvalue weighted by atomic mass is 10.1. The van der Waals surface area contributed by atoms with Gasteiger partial charge in [-0.25, -0.2) is 0 Å². The molecule has 2 nitrogen and oxygen atoms in total. The van der Waals surface area contributed by atoms with Crippen LogP contribution in [0.15, 0.2) is 66.7 Å². The van der Waals surface area contributed by atoms with Crippen molar-refractivity contribution in [2.24, 2.45) is 0 Å². The maximum absolute atomic E-state index is 6.19. The first-order valence-corrected chi connectivity index (χ1v) is 9.84. The highest BCUT2D eigenvalue weighted by Gasteiger charge is 2.02. The molecule has 0 fully saturated rings. The lowest BCUT2D eigenvalue weighted by Gasteiger charge is -2.09. The lowest BCUT2D eigenvalue weighted by molar-refractivity contribution is 0.306. The van der Waals surface area contributed by atoms with E-state index < -0.39 is 0 Å². The molecular formula is C22H20Cl3NO. The van der Waals surface area contributed by atoms with Crippen LogP contribution in [0, 0.1) is 0 Å². The van der Waals surface area contributed by atoms with E-state index in [9.17, 15) is 0 Å². The van der Waals surface area contributed by atoms with Crippen LogP contribution in [0.5, 0.6) is 5.75 Å². The number of hydrogen-bond acceptors (Lipinski definition) is 2. The molecule has 27 heavy (non-hydrogen) atoms. The first kappa shape index (κ1) is 20.0. The summed E-state index contributed by atoms with van der Waals surface area (Å²) in [7, 11) is 0. The molecule has 3 rings (SSSR count). The zero-order valence-electron chi connectivity index (χ0n) is 14.7. The Hall–Kier alpha value is -1.71. The summed E-state index contributed by atoms with van der Waals surface area (Å²) in [6.45, 7) is 2.13. The quantitative estimate of drug-likeness (QED) is 0.417. The summed E-state index contributed by atoms with van der Waals surface area (Å²) < 4.78 is 5.80. The van der Waals surface area contributed by atoms with Gasteiger partial charge >= 0.3 is 0 Å². The summed E-state index contributed by atoms with van der Waals surface area (Å²) in [6, 6.07) is 21.4. The maximum atomic E-state index is 6.19. The third-order valence-corrected chi connectivity index (χ3v) is 4.96. The number of hydrogen-bond donors (Lipinski definition) is 1. The van der Waals surface area contributed by atoms with Gasteiger partial charge in [-0.3, -0.25) is 0 Å². The van der Waals surface area contributed by atoms with Crippen molar-refractivity contribution in [2.75, 3.05) is 6.54 Å². The Labute approximate surface area is 175 Å². The zero-order chi connectivity index (χ0) is 19.1. The standard InChI is InChI=1S/C22H20Cl3NO/c23-19-3-1-2-17(12-19)15-27-21-8-4-16(5-9-21)14-26-11-10-18-6-7-20(24)13-22(18)25/h1-9,12-13,26H,10-11,14-15H2. The van der Waals surface area contributed by atoms with E-state index in [-0.39, 0.29) is 0 Å². The summed E-state index contributed by atoms with van der Waals surface area (Å²) in [5, 5.41) is 5.52. The molecule has 5 heteroatoms. The predicted molar refractivity (Wildman–Crippen MR) is 114 cm³/mol. The molecule has 0 spiro atoms. The topological polar surface area (TPSA) is 21.3 Å². The van der Waals surface area contributed by atoms with Crippen molar-refractivity contribution in [1.29, 1.82) is 0 Å². The average Bonchev–Trinajstić information content (AvgIpc) is 2.66. The molecule has 0 saturated heterocycles. The highest BCUT2D eigenvalue weighted by Crippen LogP contribution is 2.21. The summed E-state index contributed by atoms with van der Waals surface area (Å²) in [4.78, 5) is 0. The molecule has 3 aromatic rings. The Kier molecular flexibility index (Phi) is 7.42. The lowest BCUT2D eigenvalue weighted by Crippen LogP contribution is -2.16. The monoisotopic (exact) mass is 419 g/mol. The molecule has 0 aliphatic carbocycles. The van der Waals surface area contributed by atoms with Crippen LogP contribution < -0.4 is 10.1 Å². The van der Waals surface area contributed by atoms with Crippen molar-refractivity contribution in [3.8, 4) is 5.75 Å². The summed E-state index contributed by atoms with van der Waals surface area (Å²) in [6.07, 6.45) is 0.858. The second-order valence-corrected chi connectivity index (χ2v) is 7.51. The van der Waals surface area contributed by atoms with Crippen LogP contribution in [0.25, 0.3) is 0 Å². The summed E-state index contributed by atoms with van der Waals surface area (Å²) >= 11 is 18.1. The van der Waals surface area contributed by atoms with Crippen LogP contribution in [0.2, 0.25) is 15.1 Å². The van der Waals surface area contributed by atoms with Gasteiger partial charge in [-0.15, -0.1) is 0 Å². The van der Waals surface area contributed by atoms with Crippen LogP contribution in [-0.4, -0.2) is 6.54 Å². The fourth-order valence-electron chi connectivity index (χ4n) is 2.68. The Bertz CT molecular complexity index is 881. The average molecular weight is 421 g/mol. The van der Waals surface area contributed by atoms with Crippen LogP contribution in [-0.2, 0) is 19.6 Å². The van der Waals surface area contributed by atoms with Gasteiger partial charge in [0.05, 0.1) is 0 Å². The largest absolute Gasteiger partial charge is 0.489 e. The highest BCUT2D eigenvalue weighted by atomic mass is 35.5. The summed E-state index contributed by atoms with van der Waals surface area (Å²) in [5.41, 5.74) is 3.35. The van der Waals surface area contributed by atoms with Crippen LogP contribution in [0.1, 0.15) is 16.7 Å². The van der Waals surface area contributed by atoms with Gasteiger partial charge in [-0.05, 0) is 66.1 Å². The fourth-order valence-corrected chi connectivity index (χ4v) is 3.39. The van der Waals surface area contributed by atoms with Gasteiger partial charge in [-0.2, -0.15) is 0 Å². The zero-order valence-corrected chi connectivity index (χ0v) is 17.0. The summed E-state index contributed by atoms with van der Waals surface area (Å²) in [5.74, 6) is 0.840. The van der Waals surface area contributed by atoms with Crippen molar-refractivity contribution in [1.82, 2.24) is 5.32 Å². The van der Waals surface area contributed by atoms with Crippen molar-refractivity contribution in [2.45, 2.75) is 19.6 Å². The Morgan fingerprint density at radius 1 is 0.778 bits per heavy atom. The second kappa shape index (κ2) is 10.0. The van der Waals surface area contributed by atoms with E-state index in [0.717, 1.165) is 41.4 Å². The molecule has 0 saturated carbocycles. The molecule has 0 aliphatic heterocycles. The molecule has 1 N–H and O–H groups in total. The third kappa shape index (κ3) is 6.44. The number of benzene rings is 3. The highest BCUT2D eigenvalue weighted by molar-refractivity contribution is 6.35. The molecule has 0 aliphatic rings. The van der Waals surface area contributed by atoms with E-state index in [1.807, 2.05) is 48.5 Å². The number of ether oxygens (including phenoxy) is 1. The molecular weight excluding hydrogens is 401 g/mol. The van der Waals surface area contributed by atoms with Crippen LogP contribution in [0.4, 0.5) is 0 Å². The molecule has 0 radical (unpaired) electrons. The minimum absolute atomic E-state index is 0.500. The normalized spacial score (nSPS) is 10.8. The number of nitrogens with one attached hydrogen (secondary N) is 1. The first-order chi connectivity index (χ1) is 13.1. The van der Waals surface area contributed by atoms with E-state index in [1.165, 1.54) is 5.56 Å². The second-order valence-electron chi connectivity index (χ2n) is 6.23. The van der Waals surface area contributed by atoms with E-state index in [4.69, 9.17) is 39.5 Å². The van der Waals surface area contributed by atoms with Crippen molar-refractivity contribution < 1.29 is 4.74 Å². The molecule has 0 atom stereocenters. The minimum atomic E-state index is 0.500. The SMILES string of the molecule is Clc1cccc(COc2ccc(CNCCc3ccc(Cl)cc3Cl)cc2)c1. The number of halogens is 3.